The quantitative estimate of drug-likeness (QED) is 0.531. The lowest BCUT2D eigenvalue weighted by molar-refractivity contribution is 0.102. The molecule has 4 aromatic rings. The Morgan fingerprint density at radius 1 is 1.12 bits per heavy atom. The van der Waals surface area contributed by atoms with E-state index in [0.717, 1.165) is 10.9 Å². The van der Waals surface area contributed by atoms with Crippen molar-refractivity contribution in [1.82, 2.24) is 4.57 Å². The molecule has 0 bridgehead atoms. The number of fused-ring (bicyclic) bond motifs is 3. The van der Waals surface area contributed by atoms with E-state index in [1.165, 1.54) is 0 Å². The summed E-state index contributed by atoms with van der Waals surface area (Å²) in [4.78, 5) is 25.1. The van der Waals surface area contributed by atoms with E-state index in [4.69, 9.17) is 16.0 Å². The number of carbonyl (C=O) groups excluding carboxylic acids is 1. The number of aromatic nitrogens is 1. The molecule has 2 aromatic heterocycles. The van der Waals surface area contributed by atoms with Gasteiger partial charge in [0, 0.05) is 12.4 Å². The second-order valence-electron chi connectivity index (χ2n) is 6.17. The van der Waals surface area contributed by atoms with Crippen LogP contribution in [0.3, 0.4) is 0 Å². The van der Waals surface area contributed by atoms with Crippen LogP contribution in [-0.2, 0) is 7.05 Å². The topological polar surface area (TPSA) is 64.2 Å². The lowest BCUT2D eigenvalue weighted by Crippen LogP contribution is -2.15. The van der Waals surface area contributed by atoms with Gasteiger partial charge in [-0.1, -0.05) is 29.8 Å². The zero-order valence-corrected chi connectivity index (χ0v) is 14.9. The van der Waals surface area contributed by atoms with Gasteiger partial charge in [-0.15, -0.1) is 0 Å². The van der Waals surface area contributed by atoms with Crippen LogP contribution in [0.15, 0.2) is 57.7 Å². The van der Waals surface area contributed by atoms with Crippen LogP contribution in [0.1, 0.15) is 16.1 Å². The van der Waals surface area contributed by atoms with Gasteiger partial charge in [-0.25, -0.2) is 4.79 Å². The molecular formula is C20H15ClN2O3. The molecule has 2 heterocycles. The SMILES string of the molecule is Cc1ccc(NC(=O)c2cc3c(=O)oc4ccccc4c3n2C)c(Cl)c1. The minimum absolute atomic E-state index is 0.347. The van der Waals surface area contributed by atoms with Gasteiger partial charge in [-0.05, 0) is 42.8 Å². The van der Waals surface area contributed by atoms with E-state index in [9.17, 15) is 9.59 Å². The number of hydrogen-bond acceptors (Lipinski definition) is 3. The smallest absolute Gasteiger partial charge is 0.345 e. The highest BCUT2D eigenvalue weighted by Crippen LogP contribution is 2.27. The van der Waals surface area contributed by atoms with Crippen LogP contribution in [-0.4, -0.2) is 10.5 Å². The summed E-state index contributed by atoms with van der Waals surface area (Å²) in [6, 6.07) is 14.2. The summed E-state index contributed by atoms with van der Waals surface area (Å²) in [5.74, 6) is -0.349. The monoisotopic (exact) mass is 366 g/mol. The molecule has 0 spiro atoms. The molecule has 0 radical (unpaired) electrons. The zero-order valence-electron chi connectivity index (χ0n) is 14.2. The largest absolute Gasteiger partial charge is 0.422 e. The van der Waals surface area contributed by atoms with Crippen molar-refractivity contribution in [3.63, 3.8) is 0 Å². The van der Waals surface area contributed by atoms with Gasteiger partial charge in [0.2, 0.25) is 0 Å². The van der Waals surface area contributed by atoms with E-state index in [1.807, 2.05) is 25.1 Å². The van der Waals surface area contributed by atoms with Crippen LogP contribution in [0.4, 0.5) is 5.69 Å². The fraction of sp³-hybridized carbons (Fsp3) is 0.100. The van der Waals surface area contributed by atoms with E-state index < -0.39 is 5.63 Å². The zero-order chi connectivity index (χ0) is 18.4. The molecule has 0 aliphatic heterocycles. The van der Waals surface area contributed by atoms with Crippen LogP contribution in [0.2, 0.25) is 5.02 Å². The molecule has 1 amide bonds. The third kappa shape index (κ3) is 2.57. The second-order valence-corrected chi connectivity index (χ2v) is 6.58. The van der Waals surface area contributed by atoms with Gasteiger partial charge in [-0.3, -0.25) is 4.79 Å². The first-order valence-corrected chi connectivity index (χ1v) is 8.42. The number of nitrogens with one attached hydrogen (secondary N) is 1. The molecule has 0 atom stereocenters. The van der Waals surface area contributed by atoms with Crippen molar-refractivity contribution < 1.29 is 9.21 Å². The number of rotatable bonds is 2. The van der Waals surface area contributed by atoms with Gasteiger partial charge >= 0.3 is 5.63 Å². The third-order valence-electron chi connectivity index (χ3n) is 4.40. The Kier molecular flexibility index (Phi) is 3.81. The highest BCUT2D eigenvalue weighted by Gasteiger charge is 2.19. The number of amides is 1. The molecule has 4 rings (SSSR count). The number of carbonyl (C=O) groups is 1. The molecule has 0 aliphatic rings. The van der Waals surface area contributed by atoms with Crippen LogP contribution in [0, 0.1) is 6.92 Å². The maximum absolute atomic E-state index is 12.8. The lowest BCUT2D eigenvalue weighted by Gasteiger charge is -2.09. The maximum Gasteiger partial charge on any atom is 0.345 e. The van der Waals surface area contributed by atoms with Crippen molar-refractivity contribution in [2.24, 2.45) is 7.05 Å². The first kappa shape index (κ1) is 16.4. The van der Waals surface area contributed by atoms with Gasteiger partial charge in [0.1, 0.15) is 11.3 Å². The van der Waals surface area contributed by atoms with Gasteiger partial charge < -0.3 is 14.3 Å². The summed E-state index contributed by atoms with van der Waals surface area (Å²) < 4.78 is 7.05. The Morgan fingerprint density at radius 3 is 2.65 bits per heavy atom. The van der Waals surface area contributed by atoms with Crippen molar-refractivity contribution in [3.8, 4) is 0 Å². The number of benzene rings is 2. The summed E-state index contributed by atoms with van der Waals surface area (Å²) in [6.45, 7) is 1.92. The number of para-hydroxylation sites is 1. The molecular weight excluding hydrogens is 352 g/mol. The predicted molar refractivity (Wildman–Crippen MR) is 103 cm³/mol. The van der Waals surface area contributed by atoms with Gasteiger partial charge in [0.25, 0.3) is 5.91 Å². The summed E-state index contributed by atoms with van der Waals surface area (Å²) in [5.41, 5.74) is 2.55. The van der Waals surface area contributed by atoms with Gasteiger partial charge in [0.05, 0.1) is 21.6 Å². The van der Waals surface area contributed by atoms with E-state index >= 15 is 0 Å². The highest BCUT2D eigenvalue weighted by atomic mass is 35.5. The molecule has 0 saturated carbocycles. The van der Waals surface area contributed by atoms with Crippen molar-refractivity contribution in [2.45, 2.75) is 6.92 Å². The van der Waals surface area contributed by atoms with Gasteiger partial charge in [0.15, 0.2) is 0 Å². The highest BCUT2D eigenvalue weighted by molar-refractivity contribution is 6.34. The number of hydrogen-bond donors (Lipinski definition) is 1. The normalized spacial score (nSPS) is 11.2. The van der Waals surface area contributed by atoms with Crippen LogP contribution < -0.4 is 10.9 Å². The number of anilines is 1. The molecule has 0 unspecified atom stereocenters. The summed E-state index contributed by atoms with van der Waals surface area (Å²) >= 11 is 6.20. The predicted octanol–water partition coefficient (Wildman–Crippen LogP) is 4.50. The Labute approximate surface area is 153 Å². The van der Waals surface area contributed by atoms with Gasteiger partial charge in [-0.2, -0.15) is 0 Å². The first-order valence-electron chi connectivity index (χ1n) is 8.04. The average molecular weight is 367 g/mol. The first-order chi connectivity index (χ1) is 12.5. The number of nitrogens with zero attached hydrogens (tertiary/aromatic N) is 1. The third-order valence-corrected chi connectivity index (χ3v) is 4.72. The summed E-state index contributed by atoms with van der Waals surface area (Å²) in [5, 5.41) is 4.40. The molecule has 0 fully saturated rings. The van der Waals surface area contributed by atoms with Crippen molar-refractivity contribution in [2.75, 3.05) is 5.32 Å². The molecule has 5 nitrogen and oxygen atoms in total. The molecule has 26 heavy (non-hydrogen) atoms. The lowest BCUT2D eigenvalue weighted by atomic mass is 10.2. The average Bonchev–Trinajstić information content (AvgIpc) is 2.96. The fourth-order valence-corrected chi connectivity index (χ4v) is 3.40. The van der Waals surface area contributed by atoms with Crippen molar-refractivity contribution >= 4 is 45.1 Å². The molecule has 0 saturated heterocycles. The van der Waals surface area contributed by atoms with Crippen LogP contribution in [0.25, 0.3) is 21.9 Å². The minimum Gasteiger partial charge on any atom is -0.422 e. The Hall–Kier alpha value is -3.05. The summed E-state index contributed by atoms with van der Waals surface area (Å²) in [6.07, 6.45) is 0. The number of halogens is 1. The molecule has 2 aromatic carbocycles. The molecule has 0 aliphatic carbocycles. The maximum atomic E-state index is 12.8. The Bertz CT molecular complexity index is 1240. The van der Waals surface area contributed by atoms with E-state index in [-0.39, 0.29) is 5.91 Å². The minimum atomic E-state index is -0.471. The number of aryl methyl sites for hydroxylation is 2. The van der Waals surface area contributed by atoms with Crippen molar-refractivity contribution in [3.05, 3.63) is 75.2 Å². The van der Waals surface area contributed by atoms with Crippen LogP contribution >= 0.6 is 11.6 Å². The van der Waals surface area contributed by atoms with Crippen LogP contribution in [0.5, 0.6) is 0 Å². The molecule has 130 valence electrons. The molecule has 1 N–H and O–H groups in total. The van der Waals surface area contributed by atoms with E-state index in [2.05, 4.69) is 5.32 Å². The van der Waals surface area contributed by atoms with Crippen molar-refractivity contribution in [1.29, 1.82) is 0 Å². The fourth-order valence-electron chi connectivity index (χ4n) is 3.12. The van der Waals surface area contributed by atoms with E-state index in [0.29, 0.717) is 32.9 Å². The molecule has 6 heteroatoms. The Balaban J connectivity index is 1.85. The summed E-state index contributed by atoms with van der Waals surface area (Å²) in [7, 11) is 1.75. The standard InChI is InChI=1S/C20H15ClN2O3/c1-11-7-8-15(14(21)9-11)22-19(24)16-10-13-18(23(16)2)12-5-3-4-6-17(12)26-20(13)25/h3-10H,1-2H3,(H,22,24). The Morgan fingerprint density at radius 2 is 1.88 bits per heavy atom. The second kappa shape index (κ2) is 6.04. The van der Waals surface area contributed by atoms with E-state index in [1.54, 1.807) is 41.9 Å².